The van der Waals surface area contributed by atoms with Crippen LogP contribution in [0.1, 0.15) is 77.2 Å². The topological polar surface area (TPSA) is 9.23 Å². The zero-order valence-corrected chi connectivity index (χ0v) is 15.0. The second-order valence-electron chi connectivity index (χ2n) is 7.17. The smallest absolute Gasteiger partial charge is 0.130 e. The van der Waals surface area contributed by atoms with E-state index in [2.05, 4.69) is 13.8 Å². The van der Waals surface area contributed by atoms with E-state index < -0.39 is 0 Å². The highest BCUT2D eigenvalue weighted by Crippen LogP contribution is 2.34. The van der Waals surface area contributed by atoms with Crippen LogP contribution >= 0.6 is 0 Å². The van der Waals surface area contributed by atoms with Crippen LogP contribution in [0.2, 0.25) is 0 Å². The molecule has 2 rings (SSSR count). The lowest BCUT2D eigenvalue weighted by molar-refractivity contribution is 0.252. The highest BCUT2D eigenvalue weighted by Gasteiger charge is 2.20. The maximum Gasteiger partial charge on any atom is 0.130 e. The fraction of sp³-hybridized carbons (Fsp3) is 0.714. The molecule has 0 aliphatic heterocycles. The van der Waals surface area contributed by atoms with Crippen LogP contribution in [0, 0.1) is 17.7 Å². The van der Waals surface area contributed by atoms with Gasteiger partial charge < -0.3 is 4.74 Å². The van der Waals surface area contributed by atoms with Crippen LogP contribution in [-0.2, 0) is 6.42 Å². The van der Waals surface area contributed by atoms with Gasteiger partial charge >= 0.3 is 0 Å². The molecule has 0 aromatic heterocycles. The highest BCUT2D eigenvalue weighted by atomic mass is 19.1. The van der Waals surface area contributed by atoms with Crippen molar-refractivity contribution in [2.24, 2.45) is 11.8 Å². The van der Waals surface area contributed by atoms with E-state index in [-0.39, 0.29) is 5.82 Å². The molecule has 1 fully saturated rings. The van der Waals surface area contributed by atoms with E-state index in [1.807, 2.05) is 12.1 Å². The van der Waals surface area contributed by atoms with Gasteiger partial charge in [0.15, 0.2) is 0 Å². The average Bonchev–Trinajstić information content (AvgIpc) is 2.56. The van der Waals surface area contributed by atoms with Crippen molar-refractivity contribution in [1.29, 1.82) is 0 Å². The van der Waals surface area contributed by atoms with Crippen molar-refractivity contribution < 1.29 is 9.13 Å². The first kappa shape index (κ1) is 18.3. The van der Waals surface area contributed by atoms with E-state index in [1.165, 1.54) is 38.5 Å². The van der Waals surface area contributed by atoms with Gasteiger partial charge in [0.25, 0.3) is 0 Å². The number of halogens is 1. The molecule has 0 atom stereocenters. The Morgan fingerprint density at radius 2 is 1.70 bits per heavy atom. The predicted octanol–water partition coefficient (Wildman–Crippen LogP) is 6.54. The van der Waals surface area contributed by atoms with Crippen molar-refractivity contribution in [3.8, 4) is 5.75 Å². The third-order valence-corrected chi connectivity index (χ3v) is 5.28. The van der Waals surface area contributed by atoms with Gasteiger partial charge in [0.1, 0.15) is 11.6 Å². The number of unbranched alkanes of at least 4 members (excludes halogenated alkanes) is 1. The molecule has 1 aliphatic rings. The Kier molecular flexibility index (Phi) is 7.91. The van der Waals surface area contributed by atoms with E-state index in [0.29, 0.717) is 12.4 Å². The summed E-state index contributed by atoms with van der Waals surface area (Å²) < 4.78 is 19.8. The van der Waals surface area contributed by atoms with Gasteiger partial charge in [-0.15, -0.1) is 0 Å². The summed E-state index contributed by atoms with van der Waals surface area (Å²) in [5.41, 5.74) is 0.850. The van der Waals surface area contributed by atoms with Gasteiger partial charge in [-0.05, 0) is 42.7 Å². The first-order valence-electron chi connectivity index (χ1n) is 9.64. The van der Waals surface area contributed by atoms with Crippen LogP contribution in [0.25, 0.3) is 0 Å². The number of benzene rings is 1. The molecule has 0 spiro atoms. The largest absolute Gasteiger partial charge is 0.493 e. The van der Waals surface area contributed by atoms with Crippen molar-refractivity contribution in [3.05, 3.63) is 29.6 Å². The molecule has 1 saturated carbocycles. The van der Waals surface area contributed by atoms with Crippen molar-refractivity contribution in [2.45, 2.75) is 78.1 Å². The van der Waals surface area contributed by atoms with Crippen LogP contribution in [0.4, 0.5) is 4.39 Å². The molecule has 1 aromatic rings. The number of hydrogen-bond acceptors (Lipinski definition) is 1. The minimum atomic E-state index is -0.0985. The lowest BCUT2D eigenvalue weighted by Gasteiger charge is -2.28. The monoisotopic (exact) mass is 320 g/mol. The summed E-state index contributed by atoms with van der Waals surface area (Å²) in [6.07, 6.45) is 12.3. The molecule has 23 heavy (non-hydrogen) atoms. The molecule has 0 bridgehead atoms. The van der Waals surface area contributed by atoms with E-state index in [4.69, 9.17) is 4.74 Å². The molecular weight excluding hydrogens is 287 g/mol. The Bertz CT molecular complexity index is 449. The third-order valence-electron chi connectivity index (χ3n) is 5.28. The normalized spacial score (nSPS) is 21.3. The van der Waals surface area contributed by atoms with Crippen LogP contribution in [0.3, 0.4) is 0 Å². The van der Waals surface area contributed by atoms with Gasteiger partial charge in [-0.25, -0.2) is 4.39 Å². The predicted molar refractivity (Wildman–Crippen MR) is 95.5 cm³/mol. The molecule has 2 heteroatoms. The molecule has 0 heterocycles. The molecular formula is C21H33FO. The SMILES string of the molecule is CCCCOc1ccc(CCC2CCC(CCC)CC2)c(F)c1. The zero-order chi connectivity index (χ0) is 16.5. The number of hydrogen-bond donors (Lipinski definition) is 0. The summed E-state index contributed by atoms with van der Waals surface area (Å²) in [6.45, 7) is 5.09. The van der Waals surface area contributed by atoms with Crippen LogP contribution < -0.4 is 4.74 Å². The van der Waals surface area contributed by atoms with E-state index in [1.54, 1.807) is 6.07 Å². The molecule has 0 saturated heterocycles. The Morgan fingerprint density at radius 1 is 1.00 bits per heavy atom. The maximum absolute atomic E-state index is 14.2. The second kappa shape index (κ2) is 9.95. The fourth-order valence-electron chi connectivity index (χ4n) is 3.73. The molecule has 0 amide bonds. The minimum absolute atomic E-state index is 0.0985. The summed E-state index contributed by atoms with van der Waals surface area (Å²) in [4.78, 5) is 0. The zero-order valence-electron chi connectivity index (χ0n) is 15.0. The Balaban J connectivity index is 1.75. The van der Waals surface area contributed by atoms with Crippen LogP contribution in [0.5, 0.6) is 5.75 Å². The average molecular weight is 320 g/mol. The summed E-state index contributed by atoms with van der Waals surface area (Å²) in [5.74, 6) is 2.31. The first-order chi connectivity index (χ1) is 11.2. The van der Waals surface area contributed by atoms with Crippen LogP contribution in [0.15, 0.2) is 18.2 Å². The molecule has 0 unspecified atom stereocenters. The Hall–Kier alpha value is -1.05. The van der Waals surface area contributed by atoms with Gasteiger partial charge in [0.2, 0.25) is 0 Å². The highest BCUT2D eigenvalue weighted by molar-refractivity contribution is 5.29. The third kappa shape index (κ3) is 6.16. The van der Waals surface area contributed by atoms with Crippen molar-refractivity contribution in [1.82, 2.24) is 0 Å². The van der Waals surface area contributed by atoms with Gasteiger partial charge in [-0.3, -0.25) is 0 Å². The first-order valence-corrected chi connectivity index (χ1v) is 9.64. The summed E-state index contributed by atoms with van der Waals surface area (Å²) >= 11 is 0. The molecule has 1 aliphatic carbocycles. The number of rotatable bonds is 9. The van der Waals surface area contributed by atoms with Crippen molar-refractivity contribution in [2.75, 3.05) is 6.61 Å². The van der Waals surface area contributed by atoms with E-state index in [9.17, 15) is 4.39 Å². The van der Waals surface area contributed by atoms with E-state index in [0.717, 1.165) is 43.1 Å². The van der Waals surface area contributed by atoms with Crippen molar-refractivity contribution >= 4 is 0 Å². The van der Waals surface area contributed by atoms with Gasteiger partial charge in [-0.1, -0.05) is 64.9 Å². The standard InChI is InChI=1S/C21H33FO/c1-3-5-15-23-20-14-13-19(21(22)16-20)12-11-18-9-7-17(6-4-2)8-10-18/h13-14,16-18H,3-12,15H2,1-2H3. The lowest BCUT2D eigenvalue weighted by Crippen LogP contribution is -2.15. The minimum Gasteiger partial charge on any atom is -0.493 e. The van der Waals surface area contributed by atoms with E-state index >= 15 is 0 Å². The van der Waals surface area contributed by atoms with Crippen molar-refractivity contribution in [3.63, 3.8) is 0 Å². The molecule has 1 nitrogen and oxygen atoms in total. The Morgan fingerprint density at radius 3 is 2.30 bits per heavy atom. The number of aryl methyl sites for hydroxylation is 1. The summed E-state index contributed by atoms with van der Waals surface area (Å²) in [7, 11) is 0. The summed E-state index contributed by atoms with van der Waals surface area (Å²) in [5, 5.41) is 0. The summed E-state index contributed by atoms with van der Waals surface area (Å²) in [6, 6.07) is 5.40. The fourth-order valence-corrected chi connectivity index (χ4v) is 3.73. The molecule has 130 valence electrons. The molecule has 0 N–H and O–H groups in total. The lowest BCUT2D eigenvalue weighted by atomic mass is 9.78. The van der Waals surface area contributed by atoms with Gasteiger partial charge in [0, 0.05) is 6.07 Å². The Labute approximate surface area is 141 Å². The van der Waals surface area contributed by atoms with Crippen LogP contribution in [-0.4, -0.2) is 6.61 Å². The van der Waals surface area contributed by atoms with Gasteiger partial charge in [-0.2, -0.15) is 0 Å². The number of ether oxygens (including phenoxy) is 1. The quantitative estimate of drug-likeness (QED) is 0.469. The van der Waals surface area contributed by atoms with Gasteiger partial charge in [0.05, 0.1) is 6.61 Å². The molecule has 1 aromatic carbocycles. The maximum atomic E-state index is 14.2. The molecule has 0 radical (unpaired) electrons. The second-order valence-corrected chi connectivity index (χ2v) is 7.17.